The van der Waals surface area contributed by atoms with Crippen LogP contribution in [0.1, 0.15) is 12.5 Å². The van der Waals surface area contributed by atoms with Crippen molar-refractivity contribution in [2.45, 2.75) is 19.6 Å². The van der Waals surface area contributed by atoms with Gasteiger partial charge < -0.3 is 15.2 Å². The third kappa shape index (κ3) is 4.47. The topological polar surface area (TPSA) is 58.6 Å². The van der Waals surface area contributed by atoms with E-state index >= 15 is 0 Å². The first kappa shape index (κ1) is 16.8. The summed E-state index contributed by atoms with van der Waals surface area (Å²) in [4.78, 5) is 12.1. The molecule has 22 heavy (non-hydrogen) atoms. The van der Waals surface area contributed by atoms with Gasteiger partial charge in [0.2, 0.25) is 0 Å². The van der Waals surface area contributed by atoms with E-state index in [0.29, 0.717) is 22.0 Å². The number of rotatable bonds is 5. The summed E-state index contributed by atoms with van der Waals surface area (Å²) in [5.41, 5.74) is 1.21. The predicted octanol–water partition coefficient (Wildman–Crippen LogP) is 4.00. The minimum Gasteiger partial charge on any atom is -0.481 e. The van der Waals surface area contributed by atoms with Crippen molar-refractivity contribution in [2.24, 2.45) is 0 Å². The molecule has 4 nitrogen and oxygen atoms in total. The van der Waals surface area contributed by atoms with Crippen molar-refractivity contribution >= 4 is 39.1 Å². The molecular formula is C16H15BrClNO3. The van der Waals surface area contributed by atoms with Gasteiger partial charge in [-0.1, -0.05) is 33.6 Å². The molecule has 0 heterocycles. The molecule has 6 heteroatoms. The highest BCUT2D eigenvalue weighted by atomic mass is 79.9. The van der Waals surface area contributed by atoms with Crippen LogP contribution in [0.25, 0.3) is 0 Å². The Morgan fingerprint density at radius 1 is 1.36 bits per heavy atom. The van der Waals surface area contributed by atoms with E-state index in [1.165, 1.54) is 0 Å². The van der Waals surface area contributed by atoms with Crippen LogP contribution >= 0.6 is 27.5 Å². The van der Waals surface area contributed by atoms with Crippen LogP contribution in [0.15, 0.2) is 46.9 Å². The van der Waals surface area contributed by atoms with Gasteiger partial charge in [0, 0.05) is 20.7 Å². The average molecular weight is 385 g/mol. The van der Waals surface area contributed by atoms with Gasteiger partial charge in [-0.05, 0) is 43.3 Å². The number of aliphatic hydroxyl groups excluding tert-OH is 1. The number of anilines is 1. The Morgan fingerprint density at radius 3 is 2.82 bits per heavy atom. The van der Waals surface area contributed by atoms with E-state index in [2.05, 4.69) is 21.2 Å². The molecule has 1 amide bonds. The zero-order valence-electron chi connectivity index (χ0n) is 11.8. The van der Waals surface area contributed by atoms with Crippen LogP contribution < -0.4 is 10.1 Å². The first-order chi connectivity index (χ1) is 10.5. The van der Waals surface area contributed by atoms with Gasteiger partial charge in [-0.2, -0.15) is 0 Å². The second kappa shape index (κ2) is 7.63. The molecule has 0 saturated heterocycles. The van der Waals surface area contributed by atoms with Crippen LogP contribution in [0.4, 0.5) is 5.69 Å². The minimum atomic E-state index is -0.717. The monoisotopic (exact) mass is 383 g/mol. The lowest BCUT2D eigenvalue weighted by Crippen LogP contribution is -2.30. The first-order valence-corrected chi connectivity index (χ1v) is 7.79. The van der Waals surface area contributed by atoms with Crippen molar-refractivity contribution < 1.29 is 14.6 Å². The molecule has 0 bridgehead atoms. The fourth-order valence-electron chi connectivity index (χ4n) is 1.84. The maximum atomic E-state index is 12.1. The minimum absolute atomic E-state index is 0.169. The molecule has 0 aromatic heterocycles. The van der Waals surface area contributed by atoms with Gasteiger partial charge in [0.15, 0.2) is 6.10 Å². The number of carbonyl (C=O) groups excluding carboxylic acids is 1. The Bertz CT molecular complexity index is 678. The normalized spacial score (nSPS) is 11.8. The Kier molecular flexibility index (Phi) is 5.83. The SMILES string of the molecule is C[C@@H](Oc1ccc(Br)cc1CO)C(=O)Nc1cccc(Cl)c1. The number of hydrogen-bond acceptors (Lipinski definition) is 3. The number of amides is 1. The van der Waals surface area contributed by atoms with Gasteiger partial charge in [0.1, 0.15) is 5.75 Å². The number of benzene rings is 2. The number of aliphatic hydroxyl groups is 1. The summed E-state index contributed by atoms with van der Waals surface area (Å²) in [7, 11) is 0. The van der Waals surface area contributed by atoms with Gasteiger partial charge in [-0.15, -0.1) is 0 Å². The summed E-state index contributed by atoms with van der Waals surface area (Å²) < 4.78 is 6.46. The number of nitrogens with one attached hydrogen (secondary N) is 1. The summed E-state index contributed by atoms with van der Waals surface area (Å²) in [6.07, 6.45) is -0.717. The molecule has 0 aliphatic rings. The summed E-state index contributed by atoms with van der Waals surface area (Å²) >= 11 is 9.20. The molecule has 0 saturated carbocycles. The molecule has 0 unspecified atom stereocenters. The number of halogens is 2. The largest absolute Gasteiger partial charge is 0.481 e. The highest BCUT2D eigenvalue weighted by molar-refractivity contribution is 9.10. The molecule has 2 aromatic rings. The van der Waals surface area contributed by atoms with E-state index in [1.54, 1.807) is 49.4 Å². The summed E-state index contributed by atoms with van der Waals surface area (Å²) in [6.45, 7) is 1.47. The predicted molar refractivity (Wildman–Crippen MR) is 90.2 cm³/mol. The summed E-state index contributed by atoms with van der Waals surface area (Å²) in [6, 6.07) is 12.1. The van der Waals surface area contributed by atoms with Crippen molar-refractivity contribution in [1.29, 1.82) is 0 Å². The van der Waals surface area contributed by atoms with Crippen LogP contribution in [0.3, 0.4) is 0 Å². The molecule has 2 aromatic carbocycles. The van der Waals surface area contributed by atoms with E-state index in [0.717, 1.165) is 4.47 Å². The van der Waals surface area contributed by atoms with E-state index in [1.807, 2.05) is 0 Å². The molecule has 0 fully saturated rings. The van der Waals surface area contributed by atoms with Crippen LogP contribution in [0.2, 0.25) is 5.02 Å². The molecule has 0 spiro atoms. The fraction of sp³-hybridized carbons (Fsp3) is 0.188. The molecular weight excluding hydrogens is 370 g/mol. The molecule has 2 rings (SSSR count). The van der Waals surface area contributed by atoms with Crippen molar-refractivity contribution in [1.82, 2.24) is 0 Å². The van der Waals surface area contributed by atoms with Gasteiger partial charge >= 0.3 is 0 Å². The fourth-order valence-corrected chi connectivity index (χ4v) is 2.44. The third-order valence-corrected chi connectivity index (χ3v) is 3.69. The van der Waals surface area contributed by atoms with Crippen LogP contribution in [0.5, 0.6) is 5.75 Å². The van der Waals surface area contributed by atoms with E-state index in [9.17, 15) is 9.90 Å². The molecule has 0 radical (unpaired) electrons. The average Bonchev–Trinajstić information content (AvgIpc) is 2.48. The Labute approximate surface area is 142 Å². The first-order valence-electron chi connectivity index (χ1n) is 6.62. The lowest BCUT2D eigenvalue weighted by Gasteiger charge is -2.17. The van der Waals surface area contributed by atoms with Crippen LogP contribution in [0, 0.1) is 0 Å². The van der Waals surface area contributed by atoms with Gasteiger partial charge in [0.25, 0.3) is 5.91 Å². The highest BCUT2D eigenvalue weighted by Crippen LogP contribution is 2.24. The van der Waals surface area contributed by atoms with Crippen LogP contribution in [-0.2, 0) is 11.4 Å². The van der Waals surface area contributed by atoms with Crippen LogP contribution in [-0.4, -0.2) is 17.1 Å². The molecule has 0 aliphatic carbocycles. The Morgan fingerprint density at radius 2 is 2.14 bits per heavy atom. The molecule has 2 N–H and O–H groups in total. The second-order valence-electron chi connectivity index (χ2n) is 4.67. The van der Waals surface area contributed by atoms with E-state index in [-0.39, 0.29) is 12.5 Å². The van der Waals surface area contributed by atoms with Crippen molar-refractivity contribution in [3.05, 3.63) is 57.5 Å². The van der Waals surface area contributed by atoms with Gasteiger partial charge in [0.05, 0.1) is 6.61 Å². The second-order valence-corrected chi connectivity index (χ2v) is 6.02. The molecule has 116 valence electrons. The zero-order valence-corrected chi connectivity index (χ0v) is 14.2. The van der Waals surface area contributed by atoms with E-state index in [4.69, 9.17) is 16.3 Å². The van der Waals surface area contributed by atoms with Crippen molar-refractivity contribution in [2.75, 3.05) is 5.32 Å². The maximum Gasteiger partial charge on any atom is 0.265 e. The number of hydrogen-bond donors (Lipinski definition) is 2. The zero-order chi connectivity index (χ0) is 16.1. The van der Waals surface area contributed by atoms with Gasteiger partial charge in [-0.3, -0.25) is 4.79 Å². The summed E-state index contributed by atoms with van der Waals surface area (Å²) in [5, 5.41) is 12.6. The van der Waals surface area contributed by atoms with Crippen molar-refractivity contribution in [3.8, 4) is 5.75 Å². The summed E-state index contributed by atoms with van der Waals surface area (Å²) in [5.74, 6) is 0.175. The number of carbonyl (C=O) groups is 1. The quantitative estimate of drug-likeness (QED) is 0.819. The molecule has 0 aliphatic heterocycles. The molecule has 1 atom stereocenters. The smallest absolute Gasteiger partial charge is 0.265 e. The lowest BCUT2D eigenvalue weighted by molar-refractivity contribution is -0.122. The van der Waals surface area contributed by atoms with Crippen molar-refractivity contribution in [3.63, 3.8) is 0 Å². The highest BCUT2D eigenvalue weighted by Gasteiger charge is 2.16. The maximum absolute atomic E-state index is 12.1. The standard InChI is InChI=1S/C16H15BrClNO3/c1-10(16(21)19-14-4-2-3-13(18)8-14)22-15-6-5-12(17)7-11(15)9-20/h2-8,10,20H,9H2,1H3,(H,19,21)/t10-/m1/s1. The Balaban J connectivity index is 2.05. The Hall–Kier alpha value is -1.56. The number of ether oxygens (including phenoxy) is 1. The van der Waals surface area contributed by atoms with Gasteiger partial charge in [-0.25, -0.2) is 0 Å². The third-order valence-electron chi connectivity index (χ3n) is 2.96. The lowest BCUT2D eigenvalue weighted by atomic mass is 10.2. The van der Waals surface area contributed by atoms with E-state index < -0.39 is 6.10 Å².